The van der Waals surface area contributed by atoms with Gasteiger partial charge in [-0.3, -0.25) is 9.59 Å². The molecule has 1 aliphatic rings. The minimum Gasteiger partial charge on any atom is -0.367 e. The summed E-state index contributed by atoms with van der Waals surface area (Å²) in [6.07, 6.45) is 0. The van der Waals surface area contributed by atoms with Gasteiger partial charge in [0.1, 0.15) is 18.2 Å². The lowest BCUT2D eigenvalue weighted by Gasteiger charge is -2.23. The third kappa shape index (κ3) is 4.06. The molecule has 4 rings (SSSR count). The molecule has 0 fully saturated rings. The minimum absolute atomic E-state index is 0.0143. The highest BCUT2D eigenvalue weighted by atomic mass is 19.1. The second-order valence-corrected chi connectivity index (χ2v) is 7.04. The Morgan fingerprint density at radius 2 is 1.70 bits per heavy atom. The van der Waals surface area contributed by atoms with Gasteiger partial charge in [0.2, 0.25) is 5.91 Å². The van der Waals surface area contributed by atoms with Crippen molar-refractivity contribution in [2.75, 3.05) is 11.5 Å². The average Bonchev–Trinajstić information content (AvgIpc) is 2.86. The first-order valence-electron chi connectivity index (χ1n) is 9.27. The average molecular weight is 408 g/mol. The molecule has 0 radical (unpaired) electrons. The van der Waals surface area contributed by atoms with Gasteiger partial charge < -0.3 is 15.4 Å². The van der Waals surface area contributed by atoms with Gasteiger partial charge in [0.15, 0.2) is 0 Å². The van der Waals surface area contributed by atoms with Crippen LogP contribution in [0.1, 0.15) is 21.5 Å². The standard InChI is InChI=1S/C23H18F2N2O3/c24-19-6-14(7-20(25)10-19)11-27-21-5-4-16(9-18(21)12-30-13-22(27)28)15-2-1-3-17(8-15)23(26)29/h1-10H,11-13H2,(H2,26,29). The van der Waals surface area contributed by atoms with Gasteiger partial charge in [0, 0.05) is 22.9 Å². The van der Waals surface area contributed by atoms with E-state index in [1.54, 1.807) is 24.3 Å². The normalized spacial score (nSPS) is 13.7. The van der Waals surface area contributed by atoms with Gasteiger partial charge in [0.05, 0.1) is 13.2 Å². The molecule has 3 aromatic rings. The van der Waals surface area contributed by atoms with Crippen LogP contribution in [0, 0.1) is 11.6 Å². The van der Waals surface area contributed by atoms with Crippen LogP contribution < -0.4 is 10.6 Å². The number of fused-ring (bicyclic) bond motifs is 1. The summed E-state index contributed by atoms with van der Waals surface area (Å²) in [5, 5.41) is 0. The van der Waals surface area contributed by atoms with Crippen LogP contribution in [0.2, 0.25) is 0 Å². The maximum absolute atomic E-state index is 13.6. The van der Waals surface area contributed by atoms with E-state index in [4.69, 9.17) is 10.5 Å². The predicted octanol–water partition coefficient (Wildman–Crippen LogP) is 3.79. The maximum Gasteiger partial charge on any atom is 0.253 e. The highest BCUT2D eigenvalue weighted by Crippen LogP contribution is 2.31. The molecule has 0 spiro atoms. The number of anilines is 1. The molecule has 30 heavy (non-hydrogen) atoms. The molecule has 0 aliphatic carbocycles. The maximum atomic E-state index is 13.6. The third-order valence-electron chi connectivity index (χ3n) is 4.90. The molecule has 1 aliphatic heterocycles. The van der Waals surface area contributed by atoms with E-state index in [-0.39, 0.29) is 25.7 Å². The summed E-state index contributed by atoms with van der Waals surface area (Å²) in [5.74, 6) is -2.22. The van der Waals surface area contributed by atoms with Crippen molar-refractivity contribution < 1.29 is 23.1 Å². The SMILES string of the molecule is NC(=O)c1cccc(-c2ccc3c(c2)COCC(=O)N3Cc2cc(F)cc(F)c2)c1. The second-order valence-electron chi connectivity index (χ2n) is 7.04. The summed E-state index contributed by atoms with van der Waals surface area (Å²) in [6, 6.07) is 15.6. The zero-order chi connectivity index (χ0) is 21.3. The number of nitrogens with zero attached hydrogens (tertiary/aromatic N) is 1. The topological polar surface area (TPSA) is 72.6 Å². The van der Waals surface area contributed by atoms with Crippen LogP contribution in [-0.2, 0) is 22.7 Å². The van der Waals surface area contributed by atoms with E-state index in [1.807, 2.05) is 18.2 Å². The summed E-state index contributed by atoms with van der Waals surface area (Å²) < 4.78 is 32.7. The van der Waals surface area contributed by atoms with E-state index in [0.717, 1.165) is 22.8 Å². The number of benzene rings is 3. The molecule has 2 amide bonds. The fraction of sp³-hybridized carbons (Fsp3) is 0.130. The van der Waals surface area contributed by atoms with E-state index in [1.165, 1.54) is 17.0 Å². The van der Waals surface area contributed by atoms with E-state index in [0.29, 0.717) is 16.8 Å². The molecule has 1 heterocycles. The molecular weight excluding hydrogens is 390 g/mol. The Morgan fingerprint density at radius 1 is 0.967 bits per heavy atom. The molecule has 2 N–H and O–H groups in total. The van der Waals surface area contributed by atoms with E-state index >= 15 is 0 Å². The van der Waals surface area contributed by atoms with Crippen molar-refractivity contribution >= 4 is 17.5 Å². The van der Waals surface area contributed by atoms with Crippen LogP contribution in [0.25, 0.3) is 11.1 Å². The van der Waals surface area contributed by atoms with Crippen molar-refractivity contribution in [2.24, 2.45) is 5.73 Å². The second kappa shape index (κ2) is 8.04. The van der Waals surface area contributed by atoms with E-state index in [2.05, 4.69) is 0 Å². The molecule has 0 saturated heterocycles. The summed E-state index contributed by atoms with van der Waals surface area (Å²) in [7, 11) is 0. The summed E-state index contributed by atoms with van der Waals surface area (Å²) in [4.78, 5) is 25.5. The number of primary amides is 1. The molecule has 0 aromatic heterocycles. The molecule has 5 nitrogen and oxygen atoms in total. The molecule has 0 saturated carbocycles. The molecule has 0 bridgehead atoms. The van der Waals surface area contributed by atoms with Crippen molar-refractivity contribution in [3.8, 4) is 11.1 Å². The van der Waals surface area contributed by atoms with Crippen molar-refractivity contribution in [1.29, 1.82) is 0 Å². The first-order chi connectivity index (χ1) is 14.4. The Kier molecular flexibility index (Phi) is 5.29. The first-order valence-corrected chi connectivity index (χ1v) is 9.27. The Labute approximate surface area is 171 Å². The predicted molar refractivity (Wildman–Crippen MR) is 108 cm³/mol. The minimum atomic E-state index is -0.701. The Hall–Kier alpha value is -3.58. The first kappa shape index (κ1) is 19.7. The van der Waals surface area contributed by atoms with Gasteiger partial charge in [-0.2, -0.15) is 0 Å². The number of halogens is 2. The van der Waals surface area contributed by atoms with Crippen LogP contribution in [0.15, 0.2) is 60.7 Å². The number of carbonyl (C=O) groups is 2. The summed E-state index contributed by atoms with van der Waals surface area (Å²) in [5.41, 5.74) is 9.07. The zero-order valence-corrected chi connectivity index (χ0v) is 15.9. The lowest BCUT2D eigenvalue weighted by molar-refractivity contribution is -0.123. The van der Waals surface area contributed by atoms with Crippen molar-refractivity contribution in [3.05, 3.63) is 89.0 Å². The highest BCUT2D eigenvalue weighted by molar-refractivity contribution is 5.96. The number of hydrogen-bond acceptors (Lipinski definition) is 3. The van der Waals surface area contributed by atoms with Crippen LogP contribution in [0.5, 0.6) is 0 Å². The van der Waals surface area contributed by atoms with Gasteiger partial charge in [-0.25, -0.2) is 8.78 Å². The zero-order valence-electron chi connectivity index (χ0n) is 15.9. The lowest BCUT2D eigenvalue weighted by Crippen LogP contribution is -2.32. The number of nitrogens with two attached hydrogens (primary N) is 1. The number of hydrogen-bond donors (Lipinski definition) is 1. The largest absolute Gasteiger partial charge is 0.367 e. The molecule has 3 aromatic carbocycles. The Balaban J connectivity index is 1.71. The van der Waals surface area contributed by atoms with Gasteiger partial charge >= 0.3 is 0 Å². The van der Waals surface area contributed by atoms with E-state index in [9.17, 15) is 18.4 Å². The monoisotopic (exact) mass is 408 g/mol. The smallest absolute Gasteiger partial charge is 0.253 e. The number of ether oxygens (including phenoxy) is 1. The van der Waals surface area contributed by atoms with Crippen LogP contribution in [0.3, 0.4) is 0 Å². The molecule has 152 valence electrons. The summed E-state index contributed by atoms with van der Waals surface area (Å²) in [6.45, 7) is 0.0811. The fourth-order valence-corrected chi connectivity index (χ4v) is 3.51. The number of rotatable bonds is 4. The third-order valence-corrected chi connectivity index (χ3v) is 4.90. The quantitative estimate of drug-likeness (QED) is 0.714. The number of amides is 2. The van der Waals surface area contributed by atoms with Crippen molar-refractivity contribution in [2.45, 2.75) is 13.2 Å². The van der Waals surface area contributed by atoms with Crippen molar-refractivity contribution in [1.82, 2.24) is 0 Å². The molecule has 0 atom stereocenters. The van der Waals surface area contributed by atoms with Crippen LogP contribution >= 0.6 is 0 Å². The van der Waals surface area contributed by atoms with Crippen LogP contribution in [0.4, 0.5) is 14.5 Å². The van der Waals surface area contributed by atoms with E-state index < -0.39 is 17.5 Å². The lowest BCUT2D eigenvalue weighted by atomic mass is 9.99. The Morgan fingerprint density at radius 3 is 2.43 bits per heavy atom. The molecular formula is C23H18F2N2O3. The van der Waals surface area contributed by atoms with Gasteiger partial charge in [-0.1, -0.05) is 18.2 Å². The highest BCUT2D eigenvalue weighted by Gasteiger charge is 2.24. The fourth-order valence-electron chi connectivity index (χ4n) is 3.51. The van der Waals surface area contributed by atoms with Gasteiger partial charge in [-0.05, 0) is 53.1 Å². The van der Waals surface area contributed by atoms with Gasteiger partial charge in [0.25, 0.3) is 5.91 Å². The Bertz CT molecular complexity index is 1130. The van der Waals surface area contributed by atoms with Crippen LogP contribution in [-0.4, -0.2) is 18.4 Å². The number of carbonyl (C=O) groups excluding carboxylic acids is 2. The molecule has 7 heteroatoms. The van der Waals surface area contributed by atoms with Crippen molar-refractivity contribution in [3.63, 3.8) is 0 Å². The summed E-state index contributed by atoms with van der Waals surface area (Å²) >= 11 is 0. The van der Waals surface area contributed by atoms with Gasteiger partial charge in [-0.15, -0.1) is 0 Å². The molecule has 0 unspecified atom stereocenters.